The number of aliphatic carboxylic acids is 1. The van der Waals surface area contributed by atoms with Gasteiger partial charge in [-0.2, -0.15) is 0 Å². The van der Waals surface area contributed by atoms with Crippen molar-refractivity contribution in [2.45, 2.75) is 25.8 Å². The molecule has 1 aromatic rings. The third-order valence-electron chi connectivity index (χ3n) is 3.56. The summed E-state index contributed by atoms with van der Waals surface area (Å²) in [6.07, 6.45) is 0.840. The zero-order chi connectivity index (χ0) is 14.0. The molecule has 1 amide bonds. The van der Waals surface area contributed by atoms with E-state index in [0.29, 0.717) is 12.8 Å². The van der Waals surface area contributed by atoms with E-state index in [9.17, 15) is 9.59 Å². The molecule has 0 bridgehead atoms. The van der Waals surface area contributed by atoms with Crippen LogP contribution in [0, 0.1) is 5.41 Å². The molecule has 0 radical (unpaired) electrons. The second-order valence-electron chi connectivity index (χ2n) is 4.86. The van der Waals surface area contributed by atoms with Crippen molar-refractivity contribution in [3.05, 3.63) is 29.8 Å². The first kappa shape index (κ1) is 13.4. The van der Waals surface area contributed by atoms with Crippen LogP contribution in [0.4, 0.5) is 0 Å². The molecule has 0 spiro atoms. The summed E-state index contributed by atoms with van der Waals surface area (Å²) in [7, 11) is 1.59. The molecular weight excluding hydrogens is 246 g/mol. The third-order valence-corrected chi connectivity index (χ3v) is 3.56. The van der Waals surface area contributed by atoms with E-state index in [2.05, 4.69) is 5.32 Å². The monoisotopic (exact) mass is 263 g/mol. The van der Waals surface area contributed by atoms with E-state index in [1.165, 1.54) is 0 Å². The lowest BCUT2D eigenvalue weighted by Crippen LogP contribution is -2.38. The predicted octanol–water partition coefficient (Wildman–Crippen LogP) is 1.74. The summed E-state index contributed by atoms with van der Waals surface area (Å²) in [5.74, 6) is -0.693. The standard InChI is InChI=1S/C14H17NO4/c1-9(10-3-5-11(19-2)6-4-10)15-12(16)14(7-8-14)13(17)18/h3-6,9H,7-8H2,1-2H3,(H,15,16)(H,17,18). The van der Waals surface area contributed by atoms with Crippen molar-refractivity contribution in [3.63, 3.8) is 0 Å². The molecule has 0 aliphatic heterocycles. The van der Waals surface area contributed by atoms with Gasteiger partial charge in [0.15, 0.2) is 0 Å². The van der Waals surface area contributed by atoms with E-state index in [0.717, 1.165) is 11.3 Å². The molecule has 1 aromatic carbocycles. The lowest BCUT2D eigenvalue weighted by atomic mass is 10.0. The largest absolute Gasteiger partial charge is 0.497 e. The van der Waals surface area contributed by atoms with Crippen molar-refractivity contribution in [3.8, 4) is 5.75 Å². The minimum atomic E-state index is -1.19. The maximum atomic E-state index is 12.0. The molecule has 5 nitrogen and oxygen atoms in total. The normalized spacial score (nSPS) is 17.4. The Morgan fingerprint density at radius 1 is 1.32 bits per heavy atom. The van der Waals surface area contributed by atoms with Gasteiger partial charge >= 0.3 is 5.97 Å². The Hall–Kier alpha value is -2.04. The highest BCUT2D eigenvalue weighted by Crippen LogP contribution is 2.46. The van der Waals surface area contributed by atoms with E-state index in [4.69, 9.17) is 9.84 Å². The van der Waals surface area contributed by atoms with Crippen LogP contribution < -0.4 is 10.1 Å². The van der Waals surface area contributed by atoms with Gasteiger partial charge in [-0.05, 0) is 37.5 Å². The molecule has 1 saturated carbocycles. The first-order valence-corrected chi connectivity index (χ1v) is 6.18. The Morgan fingerprint density at radius 2 is 1.89 bits per heavy atom. The number of carboxylic acids is 1. The minimum Gasteiger partial charge on any atom is -0.497 e. The van der Waals surface area contributed by atoms with Gasteiger partial charge in [0.25, 0.3) is 0 Å². The number of carbonyl (C=O) groups is 2. The Bertz CT molecular complexity index is 491. The number of rotatable bonds is 5. The summed E-state index contributed by atoms with van der Waals surface area (Å²) in [6, 6.07) is 7.09. The fraction of sp³-hybridized carbons (Fsp3) is 0.429. The number of hydrogen-bond acceptors (Lipinski definition) is 3. The molecule has 0 heterocycles. The molecule has 5 heteroatoms. The van der Waals surface area contributed by atoms with E-state index in [-0.39, 0.29) is 6.04 Å². The number of carboxylic acid groups (broad SMARTS) is 1. The van der Waals surface area contributed by atoms with Crippen molar-refractivity contribution in [1.29, 1.82) is 0 Å². The summed E-state index contributed by atoms with van der Waals surface area (Å²) in [5, 5.41) is 11.8. The summed E-state index contributed by atoms with van der Waals surface area (Å²) >= 11 is 0. The minimum absolute atomic E-state index is 0.227. The van der Waals surface area contributed by atoms with Crippen LogP contribution in [0.1, 0.15) is 31.4 Å². The zero-order valence-corrected chi connectivity index (χ0v) is 11.0. The van der Waals surface area contributed by atoms with Gasteiger partial charge < -0.3 is 15.2 Å². The van der Waals surface area contributed by atoms with Crippen molar-refractivity contribution in [2.75, 3.05) is 7.11 Å². The number of amides is 1. The van der Waals surface area contributed by atoms with Crippen LogP contribution in [0.15, 0.2) is 24.3 Å². The second kappa shape index (κ2) is 4.91. The van der Waals surface area contributed by atoms with Crippen LogP contribution >= 0.6 is 0 Å². The SMILES string of the molecule is COc1ccc(C(C)NC(=O)C2(C(=O)O)CC2)cc1. The highest BCUT2D eigenvalue weighted by molar-refractivity contribution is 6.04. The van der Waals surface area contributed by atoms with Crippen molar-refractivity contribution in [1.82, 2.24) is 5.32 Å². The lowest BCUT2D eigenvalue weighted by Gasteiger charge is -2.17. The second-order valence-corrected chi connectivity index (χ2v) is 4.86. The van der Waals surface area contributed by atoms with E-state index >= 15 is 0 Å². The number of hydrogen-bond donors (Lipinski definition) is 2. The summed E-state index contributed by atoms with van der Waals surface area (Å²) in [6.45, 7) is 1.83. The number of ether oxygens (including phenoxy) is 1. The molecule has 0 saturated heterocycles. The molecule has 1 atom stereocenters. The highest BCUT2D eigenvalue weighted by Gasteiger charge is 2.57. The molecule has 19 heavy (non-hydrogen) atoms. The van der Waals surface area contributed by atoms with E-state index in [1.54, 1.807) is 7.11 Å². The molecule has 1 fully saturated rings. The number of methoxy groups -OCH3 is 1. The van der Waals surface area contributed by atoms with Gasteiger partial charge in [-0.15, -0.1) is 0 Å². The van der Waals surface area contributed by atoms with Gasteiger partial charge in [-0.3, -0.25) is 9.59 Å². The van der Waals surface area contributed by atoms with E-state index < -0.39 is 17.3 Å². The average Bonchev–Trinajstić information content (AvgIpc) is 3.20. The fourth-order valence-electron chi connectivity index (χ4n) is 1.97. The zero-order valence-electron chi connectivity index (χ0n) is 11.0. The van der Waals surface area contributed by atoms with Gasteiger partial charge in [-0.1, -0.05) is 12.1 Å². The predicted molar refractivity (Wildman–Crippen MR) is 68.9 cm³/mol. The van der Waals surface area contributed by atoms with Gasteiger partial charge in [0.1, 0.15) is 11.2 Å². The molecule has 2 N–H and O–H groups in total. The van der Waals surface area contributed by atoms with Gasteiger partial charge in [0, 0.05) is 0 Å². The number of carbonyl (C=O) groups excluding carboxylic acids is 1. The molecule has 0 aromatic heterocycles. The molecular formula is C14H17NO4. The van der Waals surface area contributed by atoms with Crippen molar-refractivity contribution >= 4 is 11.9 Å². The van der Waals surface area contributed by atoms with Crippen LogP contribution in [0.2, 0.25) is 0 Å². The third kappa shape index (κ3) is 2.54. The van der Waals surface area contributed by atoms with Crippen LogP contribution in [0.3, 0.4) is 0 Å². The maximum absolute atomic E-state index is 12.0. The quantitative estimate of drug-likeness (QED) is 0.793. The number of nitrogens with one attached hydrogen (secondary N) is 1. The molecule has 102 valence electrons. The molecule has 1 aliphatic rings. The fourth-order valence-corrected chi connectivity index (χ4v) is 1.97. The highest BCUT2D eigenvalue weighted by atomic mass is 16.5. The number of benzene rings is 1. The van der Waals surface area contributed by atoms with E-state index in [1.807, 2.05) is 31.2 Å². The molecule has 1 aliphatic carbocycles. The van der Waals surface area contributed by atoms with Gasteiger partial charge in [0.2, 0.25) is 5.91 Å². The van der Waals surface area contributed by atoms with Gasteiger partial charge in [0.05, 0.1) is 13.2 Å². The van der Waals surface area contributed by atoms with Crippen LogP contribution in [0.25, 0.3) is 0 Å². The smallest absolute Gasteiger partial charge is 0.319 e. The van der Waals surface area contributed by atoms with Crippen LogP contribution in [0.5, 0.6) is 5.75 Å². The van der Waals surface area contributed by atoms with Crippen molar-refractivity contribution in [2.24, 2.45) is 5.41 Å². The van der Waals surface area contributed by atoms with Crippen LogP contribution in [-0.4, -0.2) is 24.1 Å². The summed E-state index contributed by atoms with van der Waals surface area (Å²) in [4.78, 5) is 23.0. The van der Waals surface area contributed by atoms with Crippen molar-refractivity contribution < 1.29 is 19.4 Å². The first-order valence-electron chi connectivity index (χ1n) is 6.18. The van der Waals surface area contributed by atoms with Crippen LogP contribution in [-0.2, 0) is 9.59 Å². The Labute approximate surface area is 111 Å². The maximum Gasteiger partial charge on any atom is 0.319 e. The first-order chi connectivity index (χ1) is 8.99. The Balaban J connectivity index is 2.02. The Morgan fingerprint density at radius 3 is 2.32 bits per heavy atom. The Kier molecular flexibility index (Phi) is 3.46. The summed E-state index contributed by atoms with van der Waals surface area (Å²) < 4.78 is 5.06. The lowest BCUT2D eigenvalue weighted by molar-refractivity contribution is -0.149. The molecule has 1 unspecified atom stereocenters. The van der Waals surface area contributed by atoms with Gasteiger partial charge in [-0.25, -0.2) is 0 Å². The summed E-state index contributed by atoms with van der Waals surface area (Å²) in [5.41, 5.74) is -0.281. The average molecular weight is 263 g/mol. The molecule has 2 rings (SSSR count). The topological polar surface area (TPSA) is 75.6 Å².